The van der Waals surface area contributed by atoms with Crippen LogP contribution in [-0.2, 0) is 19.5 Å². The summed E-state index contributed by atoms with van der Waals surface area (Å²) in [5, 5.41) is 0. The highest BCUT2D eigenvalue weighted by atomic mass is 15.1. The molecule has 0 aliphatic rings. The van der Waals surface area contributed by atoms with Crippen molar-refractivity contribution in [2.75, 3.05) is 0 Å². The maximum absolute atomic E-state index is 3.86. The number of nitrogens with zero attached hydrogens (tertiary/aromatic N) is 2. The van der Waals surface area contributed by atoms with Crippen LogP contribution in [0.2, 0.25) is 0 Å². The molecule has 0 radical (unpaired) electrons. The van der Waals surface area contributed by atoms with E-state index in [1.807, 2.05) is 6.08 Å². The summed E-state index contributed by atoms with van der Waals surface area (Å²) in [4.78, 5) is 0. The first-order chi connectivity index (χ1) is 11.8. The van der Waals surface area contributed by atoms with Crippen LogP contribution in [0, 0.1) is 0 Å². The molecule has 0 fully saturated rings. The van der Waals surface area contributed by atoms with Crippen LogP contribution in [0.4, 0.5) is 0 Å². The Morgan fingerprint density at radius 2 is 1.50 bits per heavy atom. The van der Waals surface area contributed by atoms with Crippen molar-refractivity contribution in [3.63, 3.8) is 0 Å². The second kappa shape index (κ2) is 14.3. The third-order valence-electron chi connectivity index (χ3n) is 5.00. The van der Waals surface area contributed by atoms with Gasteiger partial charge in [-0.25, -0.2) is 9.13 Å². The number of hydrogen-bond donors (Lipinski definition) is 0. The molecule has 0 atom stereocenters. The Balaban J connectivity index is 2.08. The van der Waals surface area contributed by atoms with Crippen LogP contribution in [0.3, 0.4) is 0 Å². The van der Waals surface area contributed by atoms with Crippen molar-refractivity contribution in [2.45, 2.75) is 110 Å². The highest BCUT2D eigenvalue weighted by Gasteiger charge is 2.14. The average molecular weight is 334 g/mol. The summed E-state index contributed by atoms with van der Waals surface area (Å²) in [6.45, 7) is 10.6. The largest absolute Gasteiger partial charge is 0.256 e. The Hall–Kier alpha value is -1.05. The standard InChI is InChI=1S/C22H41N2/c1-4-7-9-10-11-12-13-14-15-16-17-19-24-21-20-23(6-3)22(24)18-8-5-2/h5,20-21H,2,4,6-19H2,1,3H3/q+1. The molecule has 1 aromatic rings. The van der Waals surface area contributed by atoms with Crippen LogP contribution >= 0.6 is 0 Å². The van der Waals surface area contributed by atoms with E-state index in [1.54, 1.807) is 0 Å². The lowest BCUT2D eigenvalue weighted by molar-refractivity contribution is -0.704. The summed E-state index contributed by atoms with van der Waals surface area (Å²) >= 11 is 0. The molecule has 1 heterocycles. The zero-order chi connectivity index (χ0) is 17.5. The highest BCUT2D eigenvalue weighted by Crippen LogP contribution is 2.11. The van der Waals surface area contributed by atoms with Gasteiger partial charge in [-0.1, -0.05) is 70.8 Å². The van der Waals surface area contributed by atoms with E-state index < -0.39 is 0 Å². The number of hydrogen-bond acceptors (Lipinski definition) is 0. The molecule has 2 nitrogen and oxygen atoms in total. The second-order valence-corrected chi connectivity index (χ2v) is 7.06. The lowest BCUT2D eigenvalue weighted by Crippen LogP contribution is -2.37. The third kappa shape index (κ3) is 8.70. The molecule has 0 unspecified atom stereocenters. The fourth-order valence-electron chi connectivity index (χ4n) is 3.45. The van der Waals surface area contributed by atoms with Gasteiger partial charge in [-0.05, 0) is 26.2 Å². The molecule has 0 aliphatic heterocycles. The highest BCUT2D eigenvalue weighted by molar-refractivity contribution is 4.86. The Morgan fingerprint density at radius 1 is 0.917 bits per heavy atom. The molecule has 24 heavy (non-hydrogen) atoms. The molecule has 138 valence electrons. The minimum Gasteiger partial charge on any atom is -0.235 e. The molecule has 0 aromatic carbocycles. The zero-order valence-electron chi connectivity index (χ0n) is 16.4. The van der Waals surface area contributed by atoms with Crippen molar-refractivity contribution in [2.24, 2.45) is 0 Å². The number of aromatic nitrogens is 2. The number of rotatable bonds is 16. The fraction of sp³-hybridized carbons (Fsp3) is 0.773. The normalized spacial score (nSPS) is 11.1. The van der Waals surface area contributed by atoms with Gasteiger partial charge in [0.2, 0.25) is 0 Å². The minimum absolute atomic E-state index is 1.07. The lowest BCUT2D eigenvalue weighted by Gasteiger charge is -2.04. The van der Waals surface area contributed by atoms with Crippen LogP contribution in [0.5, 0.6) is 0 Å². The van der Waals surface area contributed by atoms with Crippen molar-refractivity contribution < 1.29 is 4.57 Å². The molecule has 0 N–H and O–H groups in total. The van der Waals surface area contributed by atoms with E-state index in [0.29, 0.717) is 0 Å². The quantitative estimate of drug-likeness (QED) is 0.193. The molecule has 0 aliphatic carbocycles. The summed E-state index contributed by atoms with van der Waals surface area (Å²) in [6, 6.07) is 0. The molecule has 0 amide bonds. The van der Waals surface area contributed by atoms with Gasteiger partial charge in [0, 0.05) is 0 Å². The van der Waals surface area contributed by atoms with Gasteiger partial charge in [0.25, 0.3) is 5.82 Å². The van der Waals surface area contributed by atoms with Crippen LogP contribution in [0.15, 0.2) is 25.0 Å². The van der Waals surface area contributed by atoms with Crippen LogP contribution in [0.1, 0.15) is 96.7 Å². The number of allylic oxidation sites excluding steroid dienone is 1. The Labute approximate surface area is 151 Å². The van der Waals surface area contributed by atoms with Gasteiger partial charge in [0.1, 0.15) is 12.4 Å². The molecule has 0 bridgehead atoms. The topological polar surface area (TPSA) is 8.81 Å². The van der Waals surface area contributed by atoms with E-state index in [2.05, 4.69) is 42.0 Å². The van der Waals surface area contributed by atoms with Gasteiger partial charge in [-0.15, -0.1) is 6.58 Å². The van der Waals surface area contributed by atoms with Gasteiger partial charge >= 0.3 is 0 Å². The van der Waals surface area contributed by atoms with Crippen LogP contribution in [0.25, 0.3) is 0 Å². The Morgan fingerprint density at radius 3 is 2.04 bits per heavy atom. The molecule has 1 rings (SSSR count). The molecular formula is C22H41N2+. The second-order valence-electron chi connectivity index (χ2n) is 7.06. The summed E-state index contributed by atoms with van der Waals surface area (Å²) in [6.07, 6.45) is 24.2. The number of unbranched alkanes of at least 4 members (excludes halogenated alkanes) is 10. The Bertz CT molecular complexity index is 420. The maximum atomic E-state index is 3.86. The SMILES string of the molecule is C=CCCc1n(CC)cc[n+]1CCCCCCCCCCCCC. The van der Waals surface area contributed by atoms with E-state index in [-0.39, 0.29) is 0 Å². The average Bonchev–Trinajstić information content (AvgIpc) is 2.99. The molecule has 0 spiro atoms. The predicted octanol–water partition coefficient (Wildman–Crippen LogP) is 6.23. The monoisotopic (exact) mass is 333 g/mol. The van der Waals surface area contributed by atoms with Crippen LogP contribution in [-0.4, -0.2) is 4.57 Å². The summed E-state index contributed by atoms with van der Waals surface area (Å²) < 4.78 is 4.84. The van der Waals surface area contributed by atoms with E-state index in [4.69, 9.17) is 0 Å². The fourth-order valence-corrected chi connectivity index (χ4v) is 3.45. The number of imidazole rings is 1. The van der Waals surface area contributed by atoms with E-state index in [9.17, 15) is 0 Å². The van der Waals surface area contributed by atoms with Gasteiger partial charge in [0.15, 0.2) is 0 Å². The molecule has 2 heteroatoms. The molecule has 0 saturated heterocycles. The maximum Gasteiger partial charge on any atom is 0.256 e. The van der Waals surface area contributed by atoms with Crippen molar-refractivity contribution in [3.05, 3.63) is 30.9 Å². The van der Waals surface area contributed by atoms with Gasteiger partial charge in [-0.3, -0.25) is 0 Å². The van der Waals surface area contributed by atoms with Crippen molar-refractivity contribution in [3.8, 4) is 0 Å². The lowest BCUT2D eigenvalue weighted by atomic mass is 10.1. The summed E-state index contributed by atoms with van der Waals surface area (Å²) in [5.74, 6) is 1.46. The third-order valence-corrected chi connectivity index (χ3v) is 5.00. The van der Waals surface area contributed by atoms with E-state index >= 15 is 0 Å². The van der Waals surface area contributed by atoms with Gasteiger partial charge < -0.3 is 0 Å². The van der Waals surface area contributed by atoms with Gasteiger partial charge in [-0.2, -0.15) is 0 Å². The first-order valence-corrected chi connectivity index (χ1v) is 10.5. The van der Waals surface area contributed by atoms with Crippen LogP contribution < -0.4 is 4.57 Å². The Kier molecular flexibility index (Phi) is 12.5. The van der Waals surface area contributed by atoms with E-state index in [1.165, 1.54) is 83.0 Å². The summed E-state index contributed by atoms with van der Waals surface area (Å²) in [5.41, 5.74) is 0. The molecule has 0 saturated carbocycles. The van der Waals surface area contributed by atoms with Crippen molar-refractivity contribution in [1.82, 2.24) is 4.57 Å². The van der Waals surface area contributed by atoms with E-state index in [0.717, 1.165) is 19.4 Å². The molecule has 1 aromatic heterocycles. The number of aryl methyl sites for hydroxylation is 2. The van der Waals surface area contributed by atoms with Crippen molar-refractivity contribution >= 4 is 0 Å². The zero-order valence-corrected chi connectivity index (χ0v) is 16.4. The van der Waals surface area contributed by atoms with Gasteiger partial charge in [0.05, 0.1) is 19.5 Å². The first-order valence-electron chi connectivity index (χ1n) is 10.5. The molecular weight excluding hydrogens is 292 g/mol. The summed E-state index contributed by atoms with van der Waals surface area (Å²) in [7, 11) is 0. The first kappa shape index (κ1) is 21.0. The smallest absolute Gasteiger partial charge is 0.235 e. The minimum atomic E-state index is 1.07. The van der Waals surface area contributed by atoms with Crippen molar-refractivity contribution in [1.29, 1.82) is 0 Å². The predicted molar refractivity (Wildman–Crippen MR) is 105 cm³/mol.